The molecule has 1 heterocycles. The first-order valence-corrected chi connectivity index (χ1v) is 11.3. The van der Waals surface area contributed by atoms with Crippen molar-refractivity contribution in [1.29, 1.82) is 0 Å². The van der Waals surface area contributed by atoms with Gasteiger partial charge in [-0.15, -0.1) is 10.2 Å². The number of hydrogen-bond acceptors (Lipinski definition) is 7. The number of amides is 2. The van der Waals surface area contributed by atoms with Crippen molar-refractivity contribution in [3.8, 4) is 5.75 Å². The smallest absolute Gasteiger partial charge is 0.251 e. The number of aliphatic hydroxyl groups excluding tert-OH is 1. The zero-order valence-corrected chi connectivity index (χ0v) is 19.8. The van der Waals surface area contributed by atoms with Crippen molar-refractivity contribution in [3.63, 3.8) is 0 Å². The first kappa shape index (κ1) is 24.3. The van der Waals surface area contributed by atoms with Crippen LogP contribution in [0, 0.1) is 13.8 Å². The molecule has 1 atom stereocenters. The molecule has 1 aromatic heterocycles. The predicted octanol–water partition coefficient (Wildman–Crippen LogP) is 2.63. The van der Waals surface area contributed by atoms with Crippen molar-refractivity contribution in [3.05, 3.63) is 65.0 Å². The van der Waals surface area contributed by atoms with E-state index < -0.39 is 6.04 Å². The number of aromatic nitrogens is 3. The van der Waals surface area contributed by atoms with Gasteiger partial charge in [-0.25, -0.2) is 0 Å². The van der Waals surface area contributed by atoms with Crippen LogP contribution in [0.5, 0.6) is 5.75 Å². The molecule has 174 valence electrons. The fourth-order valence-corrected chi connectivity index (χ4v) is 3.85. The molecule has 2 amide bonds. The molecule has 3 aromatic rings. The Kier molecular flexibility index (Phi) is 8.07. The van der Waals surface area contributed by atoms with Crippen LogP contribution in [-0.2, 0) is 11.8 Å². The molecule has 3 rings (SSSR count). The summed E-state index contributed by atoms with van der Waals surface area (Å²) in [6.07, 6.45) is 0. The summed E-state index contributed by atoms with van der Waals surface area (Å²) in [5.41, 5.74) is 3.33. The Balaban J connectivity index is 1.62. The number of hydrogen-bond donors (Lipinski definition) is 3. The lowest BCUT2D eigenvalue weighted by Crippen LogP contribution is -2.32. The van der Waals surface area contributed by atoms with Crippen LogP contribution < -0.4 is 15.4 Å². The molecule has 0 aliphatic heterocycles. The molecule has 0 fully saturated rings. The van der Waals surface area contributed by atoms with Crippen LogP contribution in [0.15, 0.2) is 47.6 Å². The predicted molar refractivity (Wildman–Crippen MR) is 127 cm³/mol. The van der Waals surface area contributed by atoms with Gasteiger partial charge in [0, 0.05) is 18.3 Å². The van der Waals surface area contributed by atoms with Crippen LogP contribution in [0.3, 0.4) is 0 Å². The number of ether oxygens (including phenoxy) is 1. The van der Waals surface area contributed by atoms with Gasteiger partial charge in [-0.05, 0) is 55.3 Å². The molecule has 0 spiro atoms. The summed E-state index contributed by atoms with van der Waals surface area (Å²) >= 11 is 1.22. The van der Waals surface area contributed by atoms with Gasteiger partial charge in [0.2, 0.25) is 5.91 Å². The molecule has 0 saturated heterocycles. The van der Waals surface area contributed by atoms with E-state index >= 15 is 0 Å². The van der Waals surface area contributed by atoms with Crippen molar-refractivity contribution in [1.82, 2.24) is 20.1 Å². The molecular weight excluding hydrogens is 442 g/mol. The lowest BCUT2D eigenvalue weighted by molar-refractivity contribution is -0.113. The Morgan fingerprint density at radius 1 is 1.15 bits per heavy atom. The van der Waals surface area contributed by atoms with E-state index in [4.69, 9.17) is 4.74 Å². The summed E-state index contributed by atoms with van der Waals surface area (Å²) in [5, 5.41) is 24.2. The number of carbonyl (C=O) groups is 2. The Morgan fingerprint density at radius 3 is 2.55 bits per heavy atom. The van der Waals surface area contributed by atoms with Crippen LogP contribution in [-0.4, -0.2) is 51.2 Å². The third-order valence-corrected chi connectivity index (χ3v) is 6.25. The van der Waals surface area contributed by atoms with Gasteiger partial charge in [-0.1, -0.05) is 23.9 Å². The van der Waals surface area contributed by atoms with Gasteiger partial charge in [-0.3, -0.25) is 9.59 Å². The quantitative estimate of drug-likeness (QED) is 0.412. The Bertz CT molecular complexity index is 1130. The number of rotatable bonds is 9. The van der Waals surface area contributed by atoms with Crippen molar-refractivity contribution in [2.45, 2.75) is 25.0 Å². The van der Waals surface area contributed by atoms with Crippen LogP contribution in [0.2, 0.25) is 0 Å². The number of benzene rings is 2. The van der Waals surface area contributed by atoms with E-state index in [0.717, 1.165) is 16.8 Å². The molecule has 0 saturated carbocycles. The fraction of sp³-hybridized carbons (Fsp3) is 0.304. The van der Waals surface area contributed by atoms with Crippen molar-refractivity contribution < 1.29 is 19.4 Å². The molecule has 9 nitrogen and oxygen atoms in total. The number of anilines is 1. The number of aliphatic hydroxyl groups is 1. The van der Waals surface area contributed by atoms with Gasteiger partial charge in [0.25, 0.3) is 5.91 Å². The Labute approximate surface area is 196 Å². The first-order chi connectivity index (χ1) is 15.8. The molecule has 2 aromatic carbocycles. The van der Waals surface area contributed by atoms with Gasteiger partial charge in [0.1, 0.15) is 11.8 Å². The normalized spacial score (nSPS) is 11.7. The largest absolute Gasteiger partial charge is 0.497 e. The zero-order chi connectivity index (χ0) is 24.0. The highest BCUT2D eigenvalue weighted by molar-refractivity contribution is 7.99. The molecule has 0 unspecified atom stereocenters. The van der Waals surface area contributed by atoms with E-state index in [2.05, 4.69) is 20.8 Å². The SMILES string of the molecule is COc1ccc(C(=O)N[C@@H](CO)c2nnc(SCC(=O)Nc3cccc(C)c3C)n2C)cc1. The standard InChI is InChI=1S/C23H27N5O4S/c1-14-6-5-7-18(15(14)2)24-20(30)13-33-23-27-26-21(28(23)3)19(12-29)25-22(31)16-8-10-17(32-4)11-9-16/h5-11,19,29H,12-13H2,1-4H3,(H,24,30)(H,25,31)/t19-/m0/s1. The van der Waals surface area contributed by atoms with Gasteiger partial charge in [0.15, 0.2) is 11.0 Å². The fourth-order valence-electron chi connectivity index (χ4n) is 3.13. The van der Waals surface area contributed by atoms with Gasteiger partial charge < -0.3 is 25.0 Å². The molecule has 3 N–H and O–H groups in total. The summed E-state index contributed by atoms with van der Waals surface area (Å²) < 4.78 is 6.76. The number of nitrogens with zero attached hydrogens (tertiary/aromatic N) is 3. The second-order valence-corrected chi connectivity index (χ2v) is 8.36. The Hall–Kier alpha value is -3.37. The van der Waals surface area contributed by atoms with E-state index in [0.29, 0.717) is 22.3 Å². The number of thioether (sulfide) groups is 1. The van der Waals surface area contributed by atoms with Crippen LogP contribution in [0.1, 0.15) is 33.4 Å². The Morgan fingerprint density at radius 2 is 1.88 bits per heavy atom. The highest BCUT2D eigenvalue weighted by Gasteiger charge is 2.22. The van der Waals surface area contributed by atoms with Crippen LogP contribution in [0.25, 0.3) is 0 Å². The third-order valence-electron chi connectivity index (χ3n) is 5.23. The van der Waals surface area contributed by atoms with Crippen LogP contribution in [0.4, 0.5) is 5.69 Å². The maximum absolute atomic E-state index is 12.6. The number of carbonyl (C=O) groups excluding carboxylic acids is 2. The molecule has 0 radical (unpaired) electrons. The monoisotopic (exact) mass is 469 g/mol. The van der Waals surface area contributed by atoms with E-state index in [-0.39, 0.29) is 24.2 Å². The summed E-state index contributed by atoms with van der Waals surface area (Å²) in [6, 6.07) is 11.6. The second kappa shape index (κ2) is 11.0. The molecule has 33 heavy (non-hydrogen) atoms. The van der Waals surface area contributed by atoms with Gasteiger partial charge in [0.05, 0.1) is 19.5 Å². The minimum atomic E-state index is -0.754. The summed E-state index contributed by atoms with van der Waals surface area (Å²) in [7, 11) is 3.27. The maximum Gasteiger partial charge on any atom is 0.251 e. The second-order valence-electron chi connectivity index (χ2n) is 7.42. The lowest BCUT2D eigenvalue weighted by Gasteiger charge is -2.16. The van der Waals surface area contributed by atoms with Gasteiger partial charge >= 0.3 is 0 Å². The number of methoxy groups -OCH3 is 1. The summed E-state index contributed by atoms with van der Waals surface area (Å²) in [6.45, 7) is 3.60. The van der Waals surface area contributed by atoms with E-state index in [1.165, 1.54) is 11.8 Å². The highest BCUT2D eigenvalue weighted by atomic mass is 32.2. The zero-order valence-electron chi connectivity index (χ0n) is 19.0. The molecule has 10 heteroatoms. The topological polar surface area (TPSA) is 118 Å². The molecular formula is C23H27N5O4S. The maximum atomic E-state index is 12.6. The van der Waals surface area contributed by atoms with Gasteiger partial charge in [-0.2, -0.15) is 0 Å². The van der Waals surface area contributed by atoms with Crippen molar-refractivity contribution in [2.24, 2.45) is 7.05 Å². The molecule has 0 bridgehead atoms. The summed E-state index contributed by atoms with van der Waals surface area (Å²) in [4.78, 5) is 25.0. The summed E-state index contributed by atoms with van der Waals surface area (Å²) in [5.74, 6) is 0.645. The number of aryl methyl sites for hydroxylation is 1. The molecule has 0 aliphatic rings. The third kappa shape index (κ3) is 5.91. The van der Waals surface area contributed by atoms with E-state index in [1.807, 2.05) is 32.0 Å². The minimum Gasteiger partial charge on any atom is -0.497 e. The van der Waals surface area contributed by atoms with Crippen molar-refractivity contribution in [2.75, 3.05) is 24.8 Å². The number of nitrogens with one attached hydrogen (secondary N) is 2. The first-order valence-electron chi connectivity index (χ1n) is 10.3. The van der Waals surface area contributed by atoms with E-state index in [1.54, 1.807) is 43.0 Å². The minimum absolute atomic E-state index is 0.140. The lowest BCUT2D eigenvalue weighted by atomic mass is 10.1. The van der Waals surface area contributed by atoms with E-state index in [9.17, 15) is 14.7 Å². The molecule has 0 aliphatic carbocycles. The van der Waals surface area contributed by atoms with Crippen molar-refractivity contribution >= 4 is 29.3 Å². The average Bonchev–Trinajstić information content (AvgIpc) is 3.19. The average molecular weight is 470 g/mol. The van der Waals surface area contributed by atoms with Crippen LogP contribution >= 0.6 is 11.8 Å². The highest BCUT2D eigenvalue weighted by Crippen LogP contribution is 2.22.